The van der Waals surface area contributed by atoms with Gasteiger partial charge in [-0.1, -0.05) is 111 Å². The molecule has 4 N–H and O–H groups in total. The van der Waals surface area contributed by atoms with Gasteiger partial charge in [-0.25, -0.2) is 8.42 Å². The zero-order valence-electron chi connectivity index (χ0n) is 56.5. The van der Waals surface area contributed by atoms with Crippen LogP contribution in [0.2, 0.25) is 0 Å². The van der Waals surface area contributed by atoms with Crippen molar-refractivity contribution in [2.24, 2.45) is 43.5 Å². The van der Waals surface area contributed by atoms with Crippen molar-refractivity contribution in [2.45, 2.75) is 208 Å². The van der Waals surface area contributed by atoms with Crippen molar-refractivity contribution in [2.75, 3.05) is 12.9 Å². The van der Waals surface area contributed by atoms with Crippen LogP contribution in [0.1, 0.15) is 232 Å². The quantitative estimate of drug-likeness (QED) is 0.0493. The molecule has 2 aliphatic heterocycles. The number of carbonyl (C=O) groups excluding carboxylic acids is 4. The Morgan fingerprint density at radius 2 is 1.05 bits per heavy atom. The summed E-state index contributed by atoms with van der Waals surface area (Å²) in [6.07, 6.45) is 10.1. The van der Waals surface area contributed by atoms with Gasteiger partial charge in [0.2, 0.25) is 0 Å². The SMILES string of the molecule is CCOc1ccc(C2=NC3(CCC(C(C)(C)C)CC3)N(C(CCC(C)(C)Cc3cc(C4=NC5(CCC(C(C)(C)C)CC5)N([C@H](CCC(C)(C)C)c5ccc(C(=O)NCc6nn[nH]n6)cc5)C4=O)cc(S(C)(=O)=O)c3)c3ccc(C(=O)NCc4nn[nH]n4)cc3)C2=O)cc1. The maximum absolute atomic E-state index is 16.0. The molecule has 2 fully saturated rings. The molecular weight excluding hydrogens is 1190 g/mol. The van der Waals surface area contributed by atoms with E-state index in [-0.39, 0.29) is 63.6 Å². The third-order valence-electron chi connectivity index (χ3n) is 19.8. The van der Waals surface area contributed by atoms with Crippen LogP contribution in [0.3, 0.4) is 0 Å². The monoisotopic (exact) mass is 1290 g/mol. The van der Waals surface area contributed by atoms with E-state index in [0.717, 1.165) is 48.8 Å². The Bertz CT molecular complexity index is 3810. The van der Waals surface area contributed by atoms with Gasteiger partial charge >= 0.3 is 0 Å². The molecule has 4 amide bonds. The van der Waals surface area contributed by atoms with E-state index in [0.29, 0.717) is 115 Å². The second-order valence-electron chi connectivity index (χ2n) is 30.4. The summed E-state index contributed by atoms with van der Waals surface area (Å²) in [5.41, 5.74) is 2.83. The lowest BCUT2D eigenvalue weighted by Crippen LogP contribution is -2.51. The van der Waals surface area contributed by atoms with Crippen LogP contribution in [-0.4, -0.2) is 119 Å². The maximum Gasteiger partial charge on any atom is 0.275 e. The zero-order chi connectivity index (χ0) is 66.9. The molecule has 2 saturated carbocycles. The smallest absolute Gasteiger partial charge is 0.275 e. The van der Waals surface area contributed by atoms with E-state index in [1.807, 2.05) is 71.3 Å². The lowest BCUT2D eigenvalue weighted by Gasteiger charge is -2.48. The summed E-state index contributed by atoms with van der Waals surface area (Å²) in [6, 6.07) is 26.9. The Kier molecular flexibility index (Phi) is 19.5. The molecular formula is C71H94N14O7S. The third kappa shape index (κ3) is 15.6. The van der Waals surface area contributed by atoms with Gasteiger partial charge < -0.3 is 25.2 Å². The van der Waals surface area contributed by atoms with Crippen LogP contribution in [0.15, 0.2) is 106 Å². The first-order chi connectivity index (χ1) is 43.8. The molecule has 2 spiro atoms. The number of rotatable bonds is 22. The van der Waals surface area contributed by atoms with Crippen LogP contribution >= 0.6 is 0 Å². The molecule has 4 heterocycles. The number of tetrazole rings is 2. The minimum Gasteiger partial charge on any atom is -0.494 e. The molecule has 496 valence electrons. The molecule has 4 aliphatic rings. The van der Waals surface area contributed by atoms with E-state index >= 15 is 9.59 Å². The molecule has 0 bridgehead atoms. The Hall–Kier alpha value is -8.01. The fourth-order valence-corrected chi connectivity index (χ4v) is 15.1. The van der Waals surface area contributed by atoms with Gasteiger partial charge in [-0.3, -0.25) is 29.2 Å². The standard InChI is InChI=1S/C71H94N14O7S/c1-14-92-54-25-23-48(24-26-54)60-64(88)85(70(74-60)35-27-52(28-36-70)67(5,6)7)57(47-17-21-50(22-18-47)63(87)73-44-59-78-82-83-79-59)32-34-69(11,12)42-45-39-51(41-55(40-45)93(13,90)91)61-65(89)84(71(75-61)37-29-53(30-38-71)68(8,9)10)56(31-33-66(2,3)4)46-15-19-49(20-16-46)62(86)72-43-58-76-80-81-77-58/h15-26,39-41,52-53,56-57H,14,27-38,42-44H2,1-13H3,(H,72,86)(H,73,87)(H,76,77,80,81)(H,78,79,82,83)/t52?,53?,56-,57?,70?,71?/m1/s1. The second kappa shape index (κ2) is 26.8. The molecule has 4 aromatic carbocycles. The van der Waals surface area contributed by atoms with E-state index in [1.54, 1.807) is 36.4 Å². The van der Waals surface area contributed by atoms with Crippen LogP contribution < -0.4 is 15.4 Å². The van der Waals surface area contributed by atoms with Crippen molar-refractivity contribution in [3.05, 3.63) is 142 Å². The normalized spacial score (nSPS) is 21.3. The highest BCUT2D eigenvalue weighted by Crippen LogP contribution is 2.53. The number of benzene rings is 4. The number of carbonyl (C=O) groups is 4. The minimum atomic E-state index is -3.83. The summed E-state index contributed by atoms with van der Waals surface area (Å²) >= 11 is 0. The number of aromatic amines is 2. The fourth-order valence-electron chi connectivity index (χ4n) is 14.4. The van der Waals surface area contributed by atoms with Crippen molar-refractivity contribution in [3.8, 4) is 5.75 Å². The summed E-state index contributed by atoms with van der Waals surface area (Å²) in [5.74, 6) is 1.18. The third-order valence-corrected chi connectivity index (χ3v) is 20.9. The number of H-pyrrole nitrogens is 2. The summed E-state index contributed by atoms with van der Waals surface area (Å²) in [7, 11) is -3.83. The highest BCUT2D eigenvalue weighted by atomic mass is 32.2. The number of ether oxygens (including phenoxy) is 1. The van der Waals surface area contributed by atoms with Crippen LogP contribution in [0.5, 0.6) is 5.75 Å². The Morgan fingerprint density at radius 3 is 1.45 bits per heavy atom. The molecule has 1 unspecified atom stereocenters. The second-order valence-corrected chi connectivity index (χ2v) is 32.4. The van der Waals surface area contributed by atoms with E-state index < -0.39 is 38.7 Å². The number of sulfone groups is 1. The first kappa shape index (κ1) is 67.9. The number of nitrogens with one attached hydrogen (secondary N) is 4. The first-order valence-electron chi connectivity index (χ1n) is 33.0. The van der Waals surface area contributed by atoms with Crippen LogP contribution in [-0.2, 0) is 38.9 Å². The van der Waals surface area contributed by atoms with E-state index in [4.69, 9.17) is 14.7 Å². The van der Waals surface area contributed by atoms with Gasteiger partial charge in [0.15, 0.2) is 21.5 Å². The van der Waals surface area contributed by atoms with Gasteiger partial charge in [-0.15, -0.1) is 20.4 Å². The number of hydrogen-bond donors (Lipinski definition) is 4. The number of amides is 4. The number of nitrogens with zero attached hydrogens (tertiary/aromatic N) is 10. The minimum absolute atomic E-state index is 0.0320. The lowest BCUT2D eigenvalue weighted by molar-refractivity contribution is -0.134. The van der Waals surface area contributed by atoms with Crippen molar-refractivity contribution in [1.82, 2.24) is 61.7 Å². The van der Waals surface area contributed by atoms with Crippen molar-refractivity contribution < 1.29 is 32.3 Å². The first-order valence-corrected chi connectivity index (χ1v) is 34.9. The largest absolute Gasteiger partial charge is 0.494 e. The summed E-state index contributed by atoms with van der Waals surface area (Å²) in [6.45, 7) is 27.2. The molecule has 21 nitrogen and oxygen atoms in total. The van der Waals surface area contributed by atoms with E-state index in [1.165, 1.54) is 6.26 Å². The average Bonchev–Trinajstić information content (AvgIpc) is 1.61. The van der Waals surface area contributed by atoms with Crippen LogP contribution in [0.4, 0.5) is 0 Å². The summed E-state index contributed by atoms with van der Waals surface area (Å²) in [5, 5.41) is 33.6. The summed E-state index contributed by atoms with van der Waals surface area (Å²) in [4.78, 5) is 73.9. The van der Waals surface area contributed by atoms with Crippen molar-refractivity contribution >= 4 is 44.9 Å². The molecule has 0 saturated heterocycles. The zero-order valence-corrected chi connectivity index (χ0v) is 57.3. The summed E-state index contributed by atoms with van der Waals surface area (Å²) < 4.78 is 33.8. The predicted octanol–water partition coefficient (Wildman–Crippen LogP) is 11.9. The Morgan fingerprint density at radius 1 is 0.613 bits per heavy atom. The maximum atomic E-state index is 16.0. The molecule has 2 atom stereocenters. The van der Waals surface area contributed by atoms with Gasteiger partial charge in [0.1, 0.15) is 28.5 Å². The Balaban J connectivity index is 0.993. The molecule has 10 rings (SSSR count). The Labute approximate surface area is 547 Å². The number of aromatic nitrogens is 8. The lowest BCUT2D eigenvalue weighted by atomic mass is 9.69. The van der Waals surface area contributed by atoms with Crippen molar-refractivity contribution in [3.63, 3.8) is 0 Å². The highest BCUT2D eigenvalue weighted by molar-refractivity contribution is 7.90. The van der Waals surface area contributed by atoms with E-state index in [9.17, 15) is 18.0 Å². The van der Waals surface area contributed by atoms with Crippen LogP contribution in [0, 0.1) is 33.5 Å². The molecule has 2 aliphatic carbocycles. The number of aliphatic imine (C=N–C) groups is 2. The molecule has 93 heavy (non-hydrogen) atoms. The van der Waals surface area contributed by atoms with Gasteiger partial charge in [0.25, 0.3) is 23.6 Å². The predicted molar refractivity (Wildman–Crippen MR) is 357 cm³/mol. The molecule has 0 radical (unpaired) electrons. The van der Waals surface area contributed by atoms with Gasteiger partial charge in [-0.2, -0.15) is 10.4 Å². The average molecular weight is 1290 g/mol. The van der Waals surface area contributed by atoms with Crippen molar-refractivity contribution in [1.29, 1.82) is 0 Å². The van der Waals surface area contributed by atoms with Gasteiger partial charge in [0, 0.05) is 28.5 Å². The molecule has 6 aromatic rings. The van der Waals surface area contributed by atoms with Gasteiger partial charge in [-0.05, 0) is 207 Å². The van der Waals surface area contributed by atoms with E-state index in [2.05, 4.69) is 128 Å². The molecule has 2 aromatic heterocycles. The fraction of sp³-hybridized carbons (Fsp3) is 0.549. The molecule has 22 heteroatoms. The number of hydrogen-bond acceptors (Lipinski definition) is 15. The van der Waals surface area contributed by atoms with Gasteiger partial charge in [0.05, 0.1) is 36.7 Å². The topological polar surface area (TPSA) is 276 Å². The highest BCUT2D eigenvalue weighted by Gasteiger charge is 2.55. The van der Waals surface area contributed by atoms with Crippen LogP contribution in [0.25, 0.3) is 0 Å².